The van der Waals surface area contributed by atoms with Crippen LogP contribution in [0.2, 0.25) is 0 Å². The van der Waals surface area contributed by atoms with Crippen molar-refractivity contribution in [2.24, 2.45) is 5.92 Å². The van der Waals surface area contributed by atoms with Crippen LogP contribution in [0.3, 0.4) is 0 Å². The Labute approximate surface area is 174 Å². The summed E-state index contributed by atoms with van der Waals surface area (Å²) in [4.78, 5) is 17.0. The maximum Gasteiger partial charge on any atom is 0.257 e. The van der Waals surface area contributed by atoms with Gasteiger partial charge in [0.25, 0.3) is 5.91 Å². The summed E-state index contributed by atoms with van der Waals surface area (Å²) in [7, 11) is 1.96. The van der Waals surface area contributed by atoms with Crippen molar-refractivity contribution in [1.29, 1.82) is 0 Å². The Bertz CT molecular complexity index is 814. The van der Waals surface area contributed by atoms with Gasteiger partial charge in [0, 0.05) is 39.0 Å². The molecule has 1 aromatic carbocycles. The molecule has 1 aliphatic heterocycles. The number of carbonyl (C=O) groups excluding carboxylic acids is 1. The molecule has 1 N–H and O–H groups in total. The largest absolute Gasteiger partial charge is 0.491 e. The van der Waals surface area contributed by atoms with Crippen LogP contribution in [0.15, 0.2) is 18.2 Å². The number of benzene rings is 1. The summed E-state index contributed by atoms with van der Waals surface area (Å²) in [6.07, 6.45) is -0.121. The predicted octanol–water partition coefficient (Wildman–Crippen LogP) is 1.88. The summed E-state index contributed by atoms with van der Waals surface area (Å²) in [6.45, 7) is 7.37. The first-order valence-electron chi connectivity index (χ1n) is 9.83. The quantitative estimate of drug-likeness (QED) is 0.789. The van der Waals surface area contributed by atoms with Gasteiger partial charge in [-0.3, -0.25) is 14.4 Å². The lowest BCUT2D eigenvalue weighted by atomic mass is 10.0. The average Bonchev–Trinajstić information content (AvgIpc) is 2.68. The Morgan fingerprint density at radius 3 is 2.55 bits per heavy atom. The normalized spacial score (nSPS) is 24.8. The number of amides is 1. The maximum atomic E-state index is 13.2. The fourth-order valence-electron chi connectivity index (χ4n) is 3.27. The van der Waals surface area contributed by atoms with Crippen molar-refractivity contribution in [2.75, 3.05) is 51.4 Å². The van der Waals surface area contributed by atoms with Gasteiger partial charge in [-0.2, -0.15) is 0 Å². The highest BCUT2D eigenvalue weighted by molar-refractivity contribution is 7.92. The van der Waals surface area contributed by atoms with Crippen molar-refractivity contribution in [3.63, 3.8) is 0 Å². The molecule has 0 aliphatic carbocycles. The third-order valence-electron chi connectivity index (χ3n) is 5.41. The van der Waals surface area contributed by atoms with Crippen molar-refractivity contribution in [1.82, 2.24) is 9.80 Å². The number of fused-ring (bicyclic) bond motifs is 1. The van der Waals surface area contributed by atoms with E-state index in [0.29, 0.717) is 30.2 Å². The van der Waals surface area contributed by atoms with Gasteiger partial charge in [-0.25, -0.2) is 8.42 Å². The molecule has 1 heterocycles. The number of carbonyl (C=O) groups is 1. The third kappa shape index (κ3) is 6.07. The molecule has 0 saturated carbocycles. The van der Waals surface area contributed by atoms with Gasteiger partial charge >= 0.3 is 0 Å². The number of likely N-dealkylation sites (N-methyl/N-ethyl adjacent to an activating group) is 2. The number of nitrogens with zero attached hydrogens (tertiary/aromatic N) is 2. The standard InChI is InChI=1S/C20H33N3O5S/c1-7-29(25,26)21-16-8-9-18-17(10-16)20(24)23(5)12-19(27-6)14(2)11-22(4)15(3)13-28-18/h8-10,14-15,19,21H,7,11-13H2,1-6H3/t14-,15-,19+/m1/s1. The SMILES string of the molecule is CCS(=O)(=O)Nc1ccc2c(c1)C(=O)N(C)C[C@H](OC)[C@H](C)CN(C)[C@H](C)CO2. The number of anilines is 1. The minimum absolute atomic E-state index is 0.0499. The van der Waals surface area contributed by atoms with Crippen LogP contribution in [0, 0.1) is 5.92 Å². The summed E-state index contributed by atoms with van der Waals surface area (Å²) in [5.74, 6) is 0.355. The molecule has 0 spiro atoms. The van der Waals surface area contributed by atoms with E-state index in [1.165, 1.54) is 6.07 Å². The molecule has 3 atom stereocenters. The van der Waals surface area contributed by atoms with Crippen LogP contribution in [0.4, 0.5) is 5.69 Å². The van der Waals surface area contributed by atoms with Gasteiger partial charge in [0.05, 0.1) is 17.4 Å². The van der Waals surface area contributed by atoms with E-state index < -0.39 is 10.0 Å². The van der Waals surface area contributed by atoms with Crippen LogP contribution in [-0.4, -0.2) is 82.9 Å². The highest BCUT2D eigenvalue weighted by atomic mass is 32.2. The van der Waals surface area contributed by atoms with E-state index in [9.17, 15) is 13.2 Å². The van der Waals surface area contributed by atoms with Crippen LogP contribution in [0.5, 0.6) is 5.75 Å². The van der Waals surface area contributed by atoms with E-state index in [2.05, 4.69) is 23.5 Å². The molecule has 1 amide bonds. The number of nitrogens with one attached hydrogen (secondary N) is 1. The molecule has 9 heteroatoms. The third-order valence-corrected chi connectivity index (χ3v) is 6.72. The summed E-state index contributed by atoms with van der Waals surface area (Å²) in [5, 5.41) is 0. The van der Waals surface area contributed by atoms with E-state index in [0.717, 1.165) is 6.54 Å². The molecule has 29 heavy (non-hydrogen) atoms. The van der Waals surface area contributed by atoms with Crippen LogP contribution in [0.25, 0.3) is 0 Å². The van der Waals surface area contributed by atoms with Crippen molar-refractivity contribution >= 4 is 21.6 Å². The number of sulfonamides is 1. The molecule has 2 rings (SSSR count). The summed E-state index contributed by atoms with van der Waals surface area (Å²) < 4.78 is 38.0. The first-order valence-corrected chi connectivity index (χ1v) is 11.5. The lowest BCUT2D eigenvalue weighted by Gasteiger charge is -2.34. The molecule has 0 aromatic heterocycles. The fourth-order valence-corrected chi connectivity index (χ4v) is 3.90. The van der Waals surface area contributed by atoms with Crippen molar-refractivity contribution in [3.05, 3.63) is 23.8 Å². The zero-order valence-corrected chi connectivity index (χ0v) is 19.0. The minimum Gasteiger partial charge on any atom is -0.491 e. The van der Waals surface area contributed by atoms with Crippen LogP contribution < -0.4 is 9.46 Å². The zero-order chi connectivity index (χ0) is 21.8. The molecule has 1 aliphatic rings. The van der Waals surface area contributed by atoms with Crippen LogP contribution in [-0.2, 0) is 14.8 Å². The molecular formula is C20H33N3O5S. The number of methoxy groups -OCH3 is 1. The number of hydrogen-bond donors (Lipinski definition) is 1. The Kier molecular flexibility index (Phi) is 7.90. The Morgan fingerprint density at radius 1 is 1.24 bits per heavy atom. The van der Waals surface area contributed by atoms with E-state index >= 15 is 0 Å². The molecule has 0 radical (unpaired) electrons. The van der Waals surface area contributed by atoms with E-state index in [-0.39, 0.29) is 29.7 Å². The molecule has 0 bridgehead atoms. The molecule has 1 aromatic rings. The van der Waals surface area contributed by atoms with Crippen molar-refractivity contribution < 1.29 is 22.7 Å². The van der Waals surface area contributed by atoms with Crippen molar-refractivity contribution in [3.8, 4) is 5.75 Å². The number of hydrogen-bond acceptors (Lipinski definition) is 6. The number of ether oxygens (including phenoxy) is 2. The summed E-state index contributed by atoms with van der Waals surface area (Å²) in [6, 6.07) is 4.92. The minimum atomic E-state index is -3.45. The topological polar surface area (TPSA) is 88.2 Å². The molecule has 164 valence electrons. The molecule has 8 nitrogen and oxygen atoms in total. The molecule has 0 saturated heterocycles. The first kappa shape index (κ1) is 23.4. The highest BCUT2D eigenvalue weighted by Crippen LogP contribution is 2.26. The van der Waals surface area contributed by atoms with Crippen LogP contribution in [0.1, 0.15) is 31.1 Å². The highest BCUT2D eigenvalue weighted by Gasteiger charge is 2.27. The Hall–Kier alpha value is -1.84. The Morgan fingerprint density at radius 2 is 1.93 bits per heavy atom. The Balaban J connectivity index is 2.43. The monoisotopic (exact) mass is 427 g/mol. The van der Waals surface area contributed by atoms with Crippen LogP contribution >= 0.6 is 0 Å². The van der Waals surface area contributed by atoms with Gasteiger partial charge in [-0.05, 0) is 45.0 Å². The summed E-state index contributed by atoms with van der Waals surface area (Å²) in [5.41, 5.74) is 0.659. The van der Waals surface area contributed by atoms with Gasteiger partial charge in [-0.15, -0.1) is 0 Å². The van der Waals surface area contributed by atoms with Gasteiger partial charge < -0.3 is 14.4 Å². The second-order valence-corrected chi connectivity index (χ2v) is 9.76. The van der Waals surface area contributed by atoms with E-state index in [4.69, 9.17) is 9.47 Å². The number of rotatable bonds is 4. The lowest BCUT2D eigenvalue weighted by Crippen LogP contribution is -2.45. The van der Waals surface area contributed by atoms with Gasteiger partial charge in [0.2, 0.25) is 10.0 Å². The van der Waals surface area contributed by atoms with Gasteiger partial charge in [-0.1, -0.05) is 6.92 Å². The smallest absolute Gasteiger partial charge is 0.257 e. The summed E-state index contributed by atoms with van der Waals surface area (Å²) >= 11 is 0. The fraction of sp³-hybridized carbons (Fsp3) is 0.650. The molecule has 0 fully saturated rings. The molecule has 0 unspecified atom stereocenters. The second kappa shape index (κ2) is 9.77. The first-order chi connectivity index (χ1) is 13.6. The second-order valence-electron chi connectivity index (χ2n) is 7.75. The van der Waals surface area contributed by atoms with E-state index in [1.54, 1.807) is 38.1 Å². The van der Waals surface area contributed by atoms with Crippen molar-refractivity contribution in [2.45, 2.75) is 32.9 Å². The van der Waals surface area contributed by atoms with Gasteiger partial charge in [0.15, 0.2) is 0 Å². The molecular weight excluding hydrogens is 394 g/mol. The van der Waals surface area contributed by atoms with E-state index in [1.807, 2.05) is 7.05 Å². The predicted molar refractivity (Wildman–Crippen MR) is 114 cm³/mol. The lowest BCUT2D eigenvalue weighted by molar-refractivity contribution is 0.0150. The average molecular weight is 428 g/mol. The maximum absolute atomic E-state index is 13.2. The van der Waals surface area contributed by atoms with Gasteiger partial charge in [0.1, 0.15) is 12.4 Å². The zero-order valence-electron chi connectivity index (χ0n) is 18.1.